The van der Waals surface area contributed by atoms with Crippen molar-refractivity contribution in [1.82, 2.24) is 9.80 Å². The predicted octanol–water partition coefficient (Wildman–Crippen LogP) is 3.73. The Balaban J connectivity index is 1.54. The molecule has 0 bridgehead atoms. The number of hydrogen-bond donors (Lipinski definition) is 0. The first-order valence-electron chi connectivity index (χ1n) is 10.9. The van der Waals surface area contributed by atoms with Crippen molar-refractivity contribution < 1.29 is 23.5 Å². The lowest BCUT2D eigenvalue weighted by atomic mass is 9.98. The van der Waals surface area contributed by atoms with Crippen molar-refractivity contribution in [1.29, 1.82) is 0 Å². The van der Waals surface area contributed by atoms with Gasteiger partial charge < -0.3 is 14.4 Å². The topological polar surface area (TPSA) is 59.1 Å². The molecule has 2 aromatic rings. The number of methoxy groups -OCH3 is 1. The molecule has 2 aliphatic rings. The molecule has 2 heterocycles. The lowest BCUT2D eigenvalue weighted by Crippen LogP contribution is -2.40. The molecule has 0 aliphatic carbocycles. The smallest absolute Gasteiger partial charge is 0.277 e. The van der Waals surface area contributed by atoms with E-state index in [4.69, 9.17) is 9.47 Å². The average Bonchev–Trinajstić information content (AvgIpc) is 3.05. The van der Waals surface area contributed by atoms with Gasteiger partial charge in [-0.05, 0) is 60.7 Å². The molecule has 168 valence electrons. The first-order valence-corrected chi connectivity index (χ1v) is 10.9. The molecule has 1 saturated heterocycles. The Morgan fingerprint density at radius 1 is 1.00 bits per heavy atom. The van der Waals surface area contributed by atoms with Crippen LogP contribution in [0.25, 0.3) is 5.57 Å². The van der Waals surface area contributed by atoms with E-state index in [9.17, 15) is 14.0 Å². The Morgan fingerprint density at radius 2 is 1.69 bits per heavy atom. The van der Waals surface area contributed by atoms with E-state index in [0.717, 1.165) is 31.7 Å². The third-order valence-electron chi connectivity index (χ3n) is 5.89. The Labute approximate surface area is 187 Å². The number of carbonyl (C=O) groups excluding carboxylic acids is 2. The van der Waals surface area contributed by atoms with Crippen molar-refractivity contribution in [3.05, 3.63) is 65.6 Å². The molecule has 0 saturated carbocycles. The molecule has 0 radical (unpaired) electrons. The second-order valence-electron chi connectivity index (χ2n) is 8.21. The molecule has 32 heavy (non-hydrogen) atoms. The van der Waals surface area contributed by atoms with Gasteiger partial charge in [0.1, 0.15) is 29.6 Å². The Morgan fingerprint density at radius 3 is 2.34 bits per heavy atom. The zero-order valence-electron chi connectivity index (χ0n) is 18.3. The lowest BCUT2D eigenvalue weighted by Gasteiger charge is -2.33. The number of carbonyl (C=O) groups is 2. The first-order chi connectivity index (χ1) is 15.5. The first kappa shape index (κ1) is 21.9. The van der Waals surface area contributed by atoms with E-state index in [1.807, 2.05) is 4.90 Å². The summed E-state index contributed by atoms with van der Waals surface area (Å²) in [4.78, 5) is 29.9. The van der Waals surface area contributed by atoms with E-state index in [0.29, 0.717) is 28.5 Å². The quantitative estimate of drug-likeness (QED) is 0.617. The fourth-order valence-electron chi connectivity index (χ4n) is 4.26. The van der Waals surface area contributed by atoms with Crippen LogP contribution in [0.4, 0.5) is 4.39 Å². The molecule has 0 aromatic heterocycles. The van der Waals surface area contributed by atoms with Crippen molar-refractivity contribution in [3.8, 4) is 11.5 Å². The minimum absolute atomic E-state index is 0.126. The summed E-state index contributed by atoms with van der Waals surface area (Å²) < 4.78 is 24.4. The monoisotopic (exact) mass is 438 g/mol. The highest BCUT2D eigenvalue weighted by molar-refractivity contribution is 6.35. The minimum atomic E-state index is -0.385. The fraction of sp³-hybridized carbons (Fsp3) is 0.360. The molecular formula is C25H27FN2O4. The average molecular weight is 438 g/mol. The highest BCUT2D eigenvalue weighted by Crippen LogP contribution is 2.34. The second-order valence-corrected chi connectivity index (χ2v) is 8.21. The van der Waals surface area contributed by atoms with Crippen LogP contribution in [0.1, 0.15) is 25.3 Å². The van der Waals surface area contributed by atoms with Gasteiger partial charge in [0, 0.05) is 13.1 Å². The number of ether oxygens (including phenoxy) is 2. The standard InChI is InChI=1S/C25H27FN2O4/c1-17-4-3-13-27(16-17)23-22(18-5-7-19(26)8-6-18)24(29)28(25(23)30)14-15-32-21-11-9-20(31-2)10-12-21/h5-12,17H,3-4,13-16H2,1-2H3. The number of benzene rings is 2. The number of halogens is 1. The maximum Gasteiger partial charge on any atom is 0.277 e. The van der Waals surface area contributed by atoms with Gasteiger partial charge in [0.25, 0.3) is 11.8 Å². The third kappa shape index (κ3) is 4.47. The lowest BCUT2D eigenvalue weighted by molar-refractivity contribution is -0.138. The van der Waals surface area contributed by atoms with E-state index in [1.54, 1.807) is 43.5 Å². The van der Waals surface area contributed by atoms with Crippen LogP contribution in [0.15, 0.2) is 54.2 Å². The highest BCUT2D eigenvalue weighted by Gasteiger charge is 2.42. The molecule has 6 nitrogen and oxygen atoms in total. The van der Waals surface area contributed by atoms with E-state index in [-0.39, 0.29) is 30.8 Å². The van der Waals surface area contributed by atoms with Crippen LogP contribution in [0.5, 0.6) is 11.5 Å². The molecule has 2 amide bonds. The van der Waals surface area contributed by atoms with Crippen LogP contribution in [0, 0.1) is 11.7 Å². The molecule has 1 fully saturated rings. The Hall–Kier alpha value is -3.35. The fourth-order valence-corrected chi connectivity index (χ4v) is 4.26. The van der Waals surface area contributed by atoms with Crippen molar-refractivity contribution in [3.63, 3.8) is 0 Å². The van der Waals surface area contributed by atoms with Crippen LogP contribution in [-0.2, 0) is 9.59 Å². The highest BCUT2D eigenvalue weighted by atomic mass is 19.1. The van der Waals surface area contributed by atoms with Crippen LogP contribution in [-0.4, -0.2) is 55.0 Å². The molecule has 2 aromatic carbocycles. The minimum Gasteiger partial charge on any atom is -0.497 e. The predicted molar refractivity (Wildman–Crippen MR) is 119 cm³/mol. The Kier molecular flexibility index (Phi) is 6.44. The van der Waals surface area contributed by atoms with Gasteiger partial charge in [-0.25, -0.2) is 4.39 Å². The third-order valence-corrected chi connectivity index (χ3v) is 5.89. The summed E-state index contributed by atoms with van der Waals surface area (Å²) >= 11 is 0. The van der Waals surface area contributed by atoms with Crippen molar-refractivity contribution in [2.45, 2.75) is 19.8 Å². The Bertz CT molecular complexity index is 1020. The van der Waals surface area contributed by atoms with Gasteiger partial charge in [-0.3, -0.25) is 14.5 Å². The molecule has 1 atom stereocenters. The molecule has 4 rings (SSSR count). The molecular weight excluding hydrogens is 411 g/mol. The van der Waals surface area contributed by atoms with E-state index in [1.165, 1.54) is 17.0 Å². The van der Waals surface area contributed by atoms with Gasteiger partial charge in [-0.2, -0.15) is 0 Å². The number of hydrogen-bond acceptors (Lipinski definition) is 5. The molecule has 1 unspecified atom stereocenters. The van der Waals surface area contributed by atoms with E-state index >= 15 is 0 Å². The van der Waals surface area contributed by atoms with E-state index in [2.05, 4.69) is 6.92 Å². The van der Waals surface area contributed by atoms with Gasteiger partial charge in [0.2, 0.25) is 0 Å². The molecule has 0 spiro atoms. The summed E-state index contributed by atoms with van der Waals surface area (Å²) in [6, 6.07) is 12.8. The van der Waals surface area contributed by atoms with Crippen LogP contribution in [0.2, 0.25) is 0 Å². The molecule has 0 N–H and O–H groups in total. The summed E-state index contributed by atoms with van der Waals surface area (Å²) in [5.41, 5.74) is 1.31. The summed E-state index contributed by atoms with van der Waals surface area (Å²) in [5.74, 6) is 0.706. The van der Waals surface area contributed by atoms with Crippen LogP contribution in [0.3, 0.4) is 0 Å². The molecule has 7 heteroatoms. The van der Waals surface area contributed by atoms with Gasteiger partial charge in [0.05, 0.1) is 19.2 Å². The van der Waals surface area contributed by atoms with Crippen molar-refractivity contribution in [2.24, 2.45) is 5.92 Å². The maximum atomic E-state index is 13.5. The molecule has 2 aliphatic heterocycles. The van der Waals surface area contributed by atoms with Gasteiger partial charge in [-0.15, -0.1) is 0 Å². The summed E-state index contributed by atoms with van der Waals surface area (Å²) in [7, 11) is 1.59. The normalized spacial score (nSPS) is 19.0. The van der Waals surface area contributed by atoms with Gasteiger partial charge in [-0.1, -0.05) is 19.1 Å². The number of imide groups is 1. The van der Waals surface area contributed by atoms with Crippen LogP contribution < -0.4 is 9.47 Å². The van der Waals surface area contributed by atoms with Crippen molar-refractivity contribution in [2.75, 3.05) is 33.4 Å². The van der Waals surface area contributed by atoms with Gasteiger partial charge >= 0.3 is 0 Å². The summed E-state index contributed by atoms with van der Waals surface area (Å²) in [6.45, 7) is 3.88. The number of rotatable bonds is 7. The largest absolute Gasteiger partial charge is 0.497 e. The van der Waals surface area contributed by atoms with Crippen molar-refractivity contribution >= 4 is 17.4 Å². The zero-order chi connectivity index (χ0) is 22.7. The zero-order valence-corrected chi connectivity index (χ0v) is 18.3. The number of nitrogens with zero attached hydrogens (tertiary/aromatic N) is 2. The second kappa shape index (κ2) is 9.42. The van der Waals surface area contributed by atoms with Crippen LogP contribution >= 0.6 is 0 Å². The SMILES string of the molecule is COc1ccc(OCCN2C(=O)C(c3ccc(F)cc3)=C(N3CCCC(C)C3)C2=O)cc1. The number of likely N-dealkylation sites (tertiary alicyclic amines) is 1. The maximum absolute atomic E-state index is 13.5. The summed E-state index contributed by atoms with van der Waals surface area (Å²) in [5, 5.41) is 0. The van der Waals surface area contributed by atoms with E-state index < -0.39 is 0 Å². The summed E-state index contributed by atoms with van der Waals surface area (Å²) in [6.07, 6.45) is 2.06. The number of piperidine rings is 1. The number of amides is 2. The van der Waals surface area contributed by atoms with Gasteiger partial charge in [0.15, 0.2) is 0 Å².